The molecule has 0 radical (unpaired) electrons. The van der Waals surface area contributed by atoms with Gasteiger partial charge in [0.1, 0.15) is 5.75 Å². The second kappa shape index (κ2) is 8.39. The minimum absolute atomic E-state index is 0.197. The van der Waals surface area contributed by atoms with Gasteiger partial charge in [0, 0.05) is 21.0 Å². The van der Waals surface area contributed by atoms with Crippen molar-refractivity contribution in [2.24, 2.45) is 0 Å². The van der Waals surface area contributed by atoms with Crippen LogP contribution >= 0.6 is 39.5 Å². The summed E-state index contributed by atoms with van der Waals surface area (Å²) in [4.78, 5) is 16.7. The number of hydrogen-bond donors (Lipinski definition) is 2. The third-order valence-corrected chi connectivity index (χ3v) is 4.93. The number of carbonyl (C=O) groups excluding carboxylic acids is 1. The van der Waals surface area contributed by atoms with Gasteiger partial charge < -0.3 is 10.1 Å². The Labute approximate surface area is 168 Å². The standard InChI is InChI=1S/C18H14BrN3O2S2/c1-24-14-8-4-12(5-9-14)16(23)21-17(25)22-18-20-15(10-26-18)11-2-6-13(19)7-3-11/h2-10H,1H3,(H2,20,21,22,23,25). The van der Waals surface area contributed by atoms with Crippen LogP contribution in [0.4, 0.5) is 5.13 Å². The first-order valence-corrected chi connectivity index (χ1v) is 9.61. The molecule has 0 aliphatic heterocycles. The van der Waals surface area contributed by atoms with E-state index in [0.717, 1.165) is 15.7 Å². The van der Waals surface area contributed by atoms with E-state index in [1.165, 1.54) is 11.3 Å². The summed E-state index contributed by atoms with van der Waals surface area (Å²) in [6.07, 6.45) is 0. The Morgan fingerprint density at radius 2 is 1.85 bits per heavy atom. The van der Waals surface area contributed by atoms with Gasteiger partial charge in [-0.2, -0.15) is 0 Å². The number of ether oxygens (including phenoxy) is 1. The first-order chi connectivity index (χ1) is 12.5. The quantitative estimate of drug-likeness (QED) is 0.567. The lowest BCUT2D eigenvalue weighted by Gasteiger charge is -2.07. The summed E-state index contributed by atoms with van der Waals surface area (Å²) < 4.78 is 6.09. The lowest BCUT2D eigenvalue weighted by atomic mass is 10.2. The maximum absolute atomic E-state index is 12.2. The van der Waals surface area contributed by atoms with E-state index in [0.29, 0.717) is 16.4 Å². The van der Waals surface area contributed by atoms with Gasteiger partial charge in [-0.25, -0.2) is 4.98 Å². The molecule has 132 valence electrons. The largest absolute Gasteiger partial charge is 0.497 e. The van der Waals surface area contributed by atoms with Gasteiger partial charge in [0.25, 0.3) is 5.91 Å². The highest BCUT2D eigenvalue weighted by atomic mass is 79.9. The Morgan fingerprint density at radius 3 is 2.50 bits per heavy atom. The van der Waals surface area contributed by atoms with Crippen molar-refractivity contribution in [1.82, 2.24) is 10.3 Å². The van der Waals surface area contributed by atoms with Crippen molar-refractivity contribution in [1.29, 1.82) is 0 Å². The van der Waals surface area contributed by atoms with Crippen molar-refractivity contribution in [3.8, 4) is 17.0 Å². The van der Waals surface area contributed by atoms with E-state index in [4.69, 9.17) is 17.0 Å². The Kier molecular flexibility index (Phi) is 5.97. The zero-order valence-corrected chi connectivity index (χ0v) is 16.9. The number of halogens is 1. The van der Waals surface area contributed by atoms with E-state index < -0.39 is 0 Å². The summed E-state index contributed by atoms with van der Waals surface area (Å²) in [7, 11) is 1.57. The second-order valence-corrected chi connectivity index (χ2v) is 7.36. The molecular weight excluding hydrogens is 434 g/mol. The van der Waals surface area contributed by atoms with Gasteiger partial charge in [0.15, 0.2) is 10.2 Å². The van der Waals surface area contributed by atoms with E-state index in [9.17, 15) is 4.79 Å². The zero-order valence-electron chi connectivity index (χ0n) is 13.7. The molecule has 1 aromatic heterocycles. The van der Waals surface area contributed by atoms with E-state index in [2.05, 4.69) is 31.5 Å². The van der Waals surface area contributed by atoms with Gasteiger partial charge in [-0.3, -0.25) is 10.1 Å². The van der Waals surface area contributed by atoms with Crippen LogP contribution in [-0.2, 0) is 0 Å². The highest BCUT2D eigenvalue weighted by molar-refractivity contribution is 9.10. The third-order valence-electron chi connectivity index (χ3n) is 3.44. The van der Waals surface area contributed by atoms with Crippen LogP contribution in [0, 0.1) is 0 Å². The van der Waals surface area contributed by atoms with Crippen molar-refractivity contribution in [3.05, 3.63) is 63.9 Å². The topological polar surface area (TPSA) is 63.2 Å². The molecule has 0 aliphatic rings. The fraction of sp³-hybridized carbons (Fsp3) is 0.0556. The summed E-state index contributed by atoms with van der Waals surface area (Å²) in [5, 5.41) is 8.32. The van der Waals surface area contributed by atoms with Gasteiger partial charge in [0.05, 0.1) is 12.8 Å². The lowest BCUT2D eigenvalue weighted by Crippen LogP contribution is -2.34. The van der Waals surface area contributed by atoms with Gasteiger partial charge in [0.2, 0.25) is 0 Å². The molecule has 8 heteroatoms. The number of rotatable bonds is 4. The van der Waals surface area contributed by atoms with E-state index in [1.54, 1.807) is 31.4 Å². The average Bonchev–Trinajstić information content (AvgIpc) is 3.10. The van der Waals surface area contributed by atoms with Gasteiger partial charge in [-0.05, 0) is 48.6 Å². The number of thiazole rings is 1. The molecule has 0 bridgehead atoms. The molecule has 1 heterocycles. The number of amides is 1. The van der Waals surface area contributed by atoms with E-state index in [-0.39, 0.29) is 11.0 Å². The van der Waals surface area contributed by atoms with Crippen LogP contribution in [0.25, 0.3) is 11.3 Å². The van der Waals surface area contributed by atoms with Gasteiger partial charge in [-0.15, -0.1) is 11.3 Å². The minimum atomic E-state index is -0.296. The number of carbonyl (C=O) groups is 1. The highest BCUT2D eigenvalue weighted by Crippen LogP contribution is 2.26. The number of methoxy groups -OCH3 is 1. The summed E-state index contributed by atoms with van der Waals surface area (Å²) >= 11 is 10.0. The zero-order chi connectivity index (χ0) is 18.5. The maximum atomic E-state index is 12.2. The van der Waals surface area contributed by atoms with Crippen LogP contribution in [0.15, 0.2) is 58.4 Å². The molecular formula is C18H14BrN3O2S2. The van der Waals surface area contributed by atoms with E-state index >= 15 is 0 Å². The number of nitrogens with one attached hydrogen (secondary N) is 2. The fourth-order valence-electron chi connectivity index (χ4n) is 2.13. The number of nitrogens with zero attached hydrogens (tertiary/aromatic N) is 1. The predicted molar refractivity (Wildman–Crippen MR) is 112 cm³/mol. The van der Waals surface area contributed by atoms with Crippen molar-refractivity contribution < 1.29 is 9.53 Å². The molecule has 0 spiro atoms. The molecule has 3 aromatic rings. The molecule has 1 amide bonds. The van der Waals surface area contributed by atoms with Gasteiger partial charge >= 0.3 is 0 Å². The maximum Gasteiger partial charge on any atom is 0.257 e. The van der Waals surface area contributed by atoms with Crippen LogP contribution in [-0.4, -0.2) is 23.1 Å². The summed E-state index contributed by atoms with van der Waals surface area (Å²) in [6.45, 7) is 0. The first kappa shape index (κ1) is 18.5. The highest BCUT2D eigenvalue weighted by Gasteiger charge is 2.10. The smallest absolute Gasteiger partial charge is 0.257 e. The predicted octanol–water partition coefficient (Wildman–Crippen LogP) is 4.71. The minimum Gasteiger partial charge on any atom is -0.497 e. The van der Waals surface area contributed by atoms with Gasteiger partial charge in [-0.1, -0.05) is 28.1 Å². The average molecular weight is 448 g/mol. The van der Waals surface area contributed by atoms with Crippen LogP contribution in [0.3, 0.4) is 0 Å². The Balaban J connectivity index is 1.61. The second-order valence-electron chi connectivity index (χ2n) is 5.18. The third kappa shape index (κ3) is 4.66. The fourth-order valence-corrected chi connectivity index (χ4v) is 3.37. The summed E-state index contributed by atoms with van der Waals surface area (Å²) in [5.41, 5.74) is 2.34. The number of thiocarbonyl (C=S) groups is 1. The SMILES string of the molecule is COc1ccc(C(=O)NC(=S)Nc2nc(-c3ccc(Br)cc3)cs2)cc1. The molecule has 0 aliphatic carbocycles. The van der Waals surface area contributed by atoms with Crippen LogP contribution in [0.2, 0.25) is 0 Å². The molecule has 26 heavy (non-hydrogen) atoms. The summed E-state index contributed by atoms with van der Waals surface area (Å²) in [6, 6.07) is 14.7. The first-order valence-electron chi connectivity index (χ1n) is 7.53. The lowest BCUT2D eigenvalue weighted by molar-refractivity contribution is 0.0977. The van der Waals surface area contributed by atoms with Crippen molar-refractivity contribution in [3.63, 3.8) is 0 Å². The van der Waals surface area contributed by atoms with Crippen LogP contribution in [0.5, 0.6) is 5.75 Å². The molecule has 0 unspecified atom stereocenters. The molecule has 0 saturated carbocycles. The molecule has 3 rings (SSSR count). The Hall–Kier alpha value is -2.29. The Morgan fingerprint density at radius 1 is 1.15 bits per heavy atom. The van der Waals surface area contributed by atoms with Crippen molar-refractivity contribution in [2.75, 3.05) is 12.4 Å². The van der Waals surface area contributed by atoms with Crippen molar-refractivity contribution >= 4 is 55.6 Å². The molecule has 0 fully saturated rings. The molecule has 0 atom stereocenters. The molecule has 2 N–H and O–H groups in total. The van der Waals surface area contributed by atoms with Crippen molar-refractivity contribution in [2.45, 2.75) is 0 Å². The molecule has 5 nitrogen and oxygen atoms in total. The number of anilines is 1. The molecule has 2 aromatic carbocycles. The van der Waals surface area contributed by atoms with Crippen LogP contribution < -0.4 is 15.4 Å². The normalized spacial score (nSPS) is 10.2. The van der Waals surface area contributed by atoms with E-state index in [1.807, 2.05) is 29.6 Å². The molecule has 0 saturated heterocycles. The number of aromatic nitrogens is 1. The Bertz CT molecular complexity index is 924. The van der Waals surface area contributed by atoms with Crippen LogP contribution in [0.1, 0.15) is 10.4 Å². The monoisotopic (exact) mass is 447 g/mol. The number of benzene rings is 2. The number of hydrogen-bond acceptors (Lipinski definition) is 5. The summed E-state index contributed by atoms with van der Waals surface area (Å²) in [5.74, 6) is 0.389.